The first-order chi connectivity index (χ1) is 22.2. The van der Waals surface area contributed by atoms with Gasteiger partial charge in [0.25, 0.3) is 0 Å². The monoisotopic (exact) mass is 581 g/mol. The number of benzene rings is 6. The van der Waals surface area contributed by atoms with E-state index in [-0.39, 0.29) is 11.8 Å². The highest BCUT2D eigenvalue weighted by molar-refractivity contribution is 6.22. The first-order valence-corrected chi connectivity index (χ1v) is 14.8. The van der Waals surface area contributed by atoms with Crippen molar-refractivity contribution in [3.63, 3.8) is 0 Å². The number of aromatic nitrogens is 1. The standard InChI is InChI=1S/C40H27N3O2/c41-39(28-17-8-3-9-18-28)45-40(42)29-19-12-20-30(25-29)43-33-22-11-10-21-31(33)36-34(43)24-23-32-35(26-13-4-1-5-14-26)37(44-38(32)36)27-15-6-2-7-16-27/h1-25,41-42H. The molecule has 8 rings (SSSR count). The molecule has 0 aliphatic carbocycles. The van der Waals surface area contributed by atoms with E-state index in [1.807, 2.05) is 72.8 Å². The highest BCUT2D eigenvalue weighted by atomic mass is 16.5. The van der Waals surface area contributed by atoms with E-state index >= 15 is 0 Å². The summed E-state index contributed by atoms with van der Waals surface area (Å²) < 4.78 is 14.7. The van der Waals surface area contributed by atoms with Gasteiger partial charge in [0.1, 0.15) is 11.3 Å². The van der Waals surface area contributed by atoms with Crippen molar-refractivity contribution in [2.24, 2.45) is 0 Å². The van der Waals surface area contributed by atoms with E-state index in [1.54, 1.807) is 12.1 Å². The molecule has 5 heteroatoms. The van der Waals surface area contributed by atoms with Gasteiger partial charge >= 0.3 is 0 Å². The predicted molar refractivity (Wildman–Crippen MR) is 183 cm³/mol. The Morgan fingerprint density at radius 3 is 1.91 bits per heavy atom. The number of para-hydroxylation sites is 1. The summed E-state index contributed by atoms with van der Waals surface area (Å²) in [4.78, 5) is 0. The minimum atomic E-state index is -0.0834. The summed E-state index contributed by atoms with van der Waals surface area (Å²) in [6, 6.07) is 50.2. The molecule has 0 aliphatic rings. The third kappa shape index (κ3) is 4.50. The van der Waals surface area contributed by atoms with Crippen LogP contribution in [0.25, 0.3) is 60.9 Å². The molecule has 2 aromatic heterocycles. The van der Waals surface area contributed by atoms with Gasteiger partial charge in [0.15, 0.2) is 0 Å². The topological polar surface area (TPSA) is 75.0 Å². The summed E-state index contributed by atoms with van der Waals surface area (Å²) in [6.45, 7) is 0. The average Bonchev–Trinajstić information content (AvgIpc) is 3.66. The van der Waals surface area contributed by atoms with Crippen molar-refractivity contribution in [3.05, 3.63) is 163 Å². The second-order valence-corrected chi connectivity index (χ2v) is 10.9. The second-order valence-electron chi connectivity index (χ2n) is 10.9. The lowest BCUT2D eigenvalue weighted by Gasteiger charge is -2.12. The molecule has 2 heterocycles. The lowest BCUT2D eigenvalue weighted by atomic mass is 9.98. The van der Waals surface area contributed by atoms with Crippen LogP contribution < -0.4 is 0 Å². The van der Waals surface area contributed by atoms with E-state index < -0.39 is 0 Å². The van der Waals surface area contributed by atoms with Crippen LogP contribution in [0.15, 0.2) is 156 Å². The minimum Gasteiger partial charge on any atom is -0.455 e. The zero-order chi connectivity index (χ0) is 30.3. The largest absolute Gasteiger partial charge is 0.455 e. The Morgan fingerprint density at radius 2 is 1.16 bits per heavy atom. The number of furan rings is 1. The molecule has 214 valence electrons. The molecule has 0 unspecified atom stereocenters. The summed E-state index contributed by atoms with van der Waals surface area (Å²) in [5.41, 5.74) is 8.15. The lowest BCUT2D eigenvalue weighted by Crippen LogP contribution is -2.13. The van der Waals surface area contributed by atoms with Gasteiger partial charge in [0, 0.05) is 38.7 Å². The van der Waals surface area contributed by atoms with Crippen molar-refractivity contribution in [3.8, 4) is 28.1 Å². The van der Waals surface area contributed by atoms with Gasteiger partial charge < -0.3 is 13.7 Å². The highest BCUT2D eigenvalue weighted by Gasteiger charge is 2.23. The quantitative estimate of drug-likeness (QED) is 0.157. The van der Waals surface area contributed by atoms with Crippen LogP contribution in [-0.2, 0) is 4.74 Å². The number of hydrogen-bond donors (Lipinski definition) is 2. The summed E-state index contributed by atoms with van der Waals surface area (Å²) in [7, 11) is 0. The molecule has 8 aromatic rings. The van der Waals surface area contributed by atoms with Crippen LogP contribution in [0.5, 0.6) is 0 Å². The van der Waals surface area contributed by atoms with Crippen LogP contribution >= 0.6 is 0 Å². The number of fused-ring (bicyclic) bond motifs is 5. The van der Waals surface area contributed by atoms with E-state index in [4.69, 9.17) is 20.0 Å². The maximum absolute atomic E-state index is 8.67. The van der Waals surface area contributed by atoms with E-state index in [2.05, 4.69) is 71.3 Å². The molecule has 0 amide bonds. The SMILES string of the molecule is N=C(OC(=N)c1cccc(-n2c3ccccc3c3c4oc(-c5ccccc5)c(-c5ccccc5)c4ccc32)c1)c1ccccc1. The van der Waals surface area contributed by atoms with Crippen molar-refractivity contribution in [1.82, 2.24) is 4.57 Å². The molecular weight excluding hydrogens is 554 g/mol. The molecule has 0 saturated carbocycles. The Balaban J connectivity index is 1.32. The first kappa shape index (κ1) is 26.4. The molecule has 0 bridgehead atoms. The molecule has 0 saturated heterocycles. The Kier molecular flexibility index (Phi) is 6.35. The van der Waals surface area contributed by atoms with Gasteiger partial charge in [-0.05, 0) is 54.1 Å². The fourth-order valence-electron chi connectivity index (χ4n) is 6.17. The van der Waals surface area contributed by atoms with Crippen LogP contribution in [0.3, 0.4) is 0 Å². The highest BCUT2D eigenvalue weighted by Crippen LogP contribution is 2.45. The zero-order valence-electron chi connectivity index (χ0n) is 24.2. The third-order valence-electron chi connectivity index (χ3n) is 8.20. The number of hydrogen-bond acceptors (Lipinski definition) is 4. The third-order valence-corrected chi connectivity index (χ3v) is 8.20. The van der Waals surface area contributed by atoms with Crippen LogP contribution in [0.2, 0.25) is 0 Å². The van der Waals surface area contributed by atoms with Crippen molar-refractivity contribution in [2.75, 3.05) is 0 Å². The summed E-state index contributed by atoms with van der Waals surface area (Å²) in [6.07, 6.45) is 0. The molecule has 0 radical (unpaired) electrons. The van der Waals surface area contributed by atoms with E-state index in [0.29, 0.717) is 11.1 Å². The summed E-state index contributed by atoms with van der Waals surface area (Å²) >= 11 is 0. The van der Waals surface area contributed by atoms with Crippen molar-refractivity contribution in [1.29, 1.82) is 10.8 Å². The summed E-state index contributed by atoms with van der Waals surface area (Å²) in [5, 5.41) is 20.2. The lowest BCUT2D eigenvalue weighted by molar-refractivity contribution is 0.538. The van der Waals surface area contributed by atoms with E-state index in [9.17, 15) is 0 Å². The van der Waals surface area contributed by atoms with Gasteiger partial charge in [0.2, 0.25) is 11.8 Å². The molecule has 0 atom stereocenters. The number of rotatable bonds is 5. The van der Waals surface area contributed by atoms with Gasteiger partial charge in [-0.15, -0.1) is 0 Å². The van der Waals surface area contributed by atoms with Crippen LogP contribution in [-0.4, -0.2) is 16.4 Å². The normalized spacial score (nSPS) is 11.3. The molecular formula is C40H27N3O2. The van der Waals surface area contributed by atoms with Gasteiger partial charge in [-0.25, -0.2) is 0 Å². The predicted octanol–water partition coefficient (Wildman–Crippen LogP) is 10.2. The molecule has 0 aliphatic heterocycles. The minimum absolute atomic E-state index is 0.0634. The smallest absolute Gasteiger partial charge is 0.221 e. The Bertz CT molecular complexity index is 2370. The number of nitrogens with zero attached hydrogens (tertiary/aromatic N) is 1. The van der Waals surface area contributed by atoms with Crippen molar-refractivity contribution >= 4 is 44.6 Å². The van der Waals surface area contributed by atoms with Gasteiger partial charge in [0.05, 0.1) is 16.4 Å². The maximum Gasteiger partial charge on any atom is 0.221 e. The second kappa shape index (κ2) is 10.8. The fraction of sp³-hybridized carbons (Fsp3) is 0. The molecule has 2 N–H and O–H groups in total. The number of nitrogens with one attached hydrogen (secondary N) is 2. The number of ether oxygens (including phenoxy) is 1. The van der Waals surface area contributed by atoms with Gasteiger partial charge in [-0.2, -0.15) is 0 Å². The van der Waals surface area contributed by atoms with E-state index in [0.717, 1.165) is 60.9 Å². The summed E-state index contributed by atoms with van der Waals surface area (Å²) in [5.74, 6) is 0.695. The molecule has 45 heavy (non-hydrogen) atoms. The Labute approximate surface area is 259 Å². The van der Waals surface area contributed by atoms with E-state index in [1.165, 1.54) is 0 Å². The van der Waals surface area contributed by atoms with Crippen LogP contribution in [0.4, 0.5) is 0 Å². The van der Waals surface area contributed by atoms with Crippen molar-refractivity contribution in [2.45, 2.75) is 0 Å². The maximum atomic E-state index is 8.67. The van der Waals surface area contributed by atoms with Crippen LogP contribution in [0.1, 0.15) is 11.1 Å². The fourth-order valence-corrected chi connectivity index (χ4v) is 6.17. The molecule has 6 aromatic carbocycles. The Morgan fingerprint density at radius 1 is 0.533 bits per heavy atom. The molecule has 0 spiro atoms. The van der Waals surface area contributed by atoms with Crippen molar-refractivity contribution < 1.29 is 9.15 Å². The first-order valence-electron chi connectivity index (χ1n) is 14.8. The van der Waals surface area contributed by atoms with Gasteiger partial charge in [-0.3, -0.25) is 10.8 Å². The van der Waals surface area contributed by atoms with Gasteiger partial charge in [-0.1, -0.05) is 103 Å². The average molecular weight is 582 g/mol. The Hall–Kier alpha value is -6.20. The molecule has 5 nitrogen and oxygen atoms in total. The molecule has 0 fully saturated rings. The van der Waals surface area contributed by atoms with Crippen LogP contribution in [0, 0.1) is 10.8 Å². The zero-order valence-corrected chi connectivity index (χ0v) is 24.2.